The number of alkyl carbamates (subject to hydrolysis) is 1. The molecule has 1 aliphatic carbocycles. The van der Waals surface area contributed by atoms with Crippen LogP contribution in [0.1, 0.15) is 38.2 Å². The smallest absolute Gasteiger partial charge is 0.425 e. The van der Waals surface area contributed by atoms with Gasteiger partial charge in [0.1, 0.15) is 19.9 Å². The number of rotatable bonds is 11. The Labute approximate surface area is 207 Å². The molecule has 0 spiro atoms. The molecule has 2 amide bonds. The lowest BCUT2D eigenvalue weighted by Gasteiger charge is -2.19. The Morgan fingerprint density at radius 1 is 1.00 bits per heavy atom. The zero-order valence-corrected chi connectivity index (χ0v) is 19.5. The lowest BCUT2D eigenvalue weighted by molar-refractivity contribution is -0.231. The maximum Gasteiger partial charge on any atom is 0.425 e. The van der Waals surface area contributed by atoms with Crippen LogP contribution in [-0.2, 0) is 23.8 Å². The number of amides is 2. The van der Waals surface area contributed by atoms with Crippen molar-refractivity contribution >= 4 is 18.0 Å². The van der Waals surface area contributed by atoms with Crippen LogP contribution in [-0.4, -0.2) is 56.7 Å². The van der Waals surface area contributed by atoms with E-state index in [1.807, 2.05) is 53.8 Å². The predicted molar refractivity (Wildman–Crippen MR) is 123 cm³/mol. The molecule has 2 aromatic rings. The number of unbranched alkanes of at least 4 members (excludes halogenated alkanes) is 1. The molecule has 0 heterocycles. The summed E-state index contributed by atoms with van der Waals surface area (Å²) in [7, 11) is 0. The lowest BCUT2D eigenvalue weighted by atomic mass is 9.98. The van der Waals surface area contributed by atoms with Crippen molar-refractivity contribution in [1.29, 1.82) is 0 Å². The first kappa shape index (κ1) is 25.5. The molecule has 0 fully saturated rings. The van der Waals surface area contributed by atoms with Gasteiger partial charge in [-0.1, -0.05) is 61.9 Å². The van der Waals surface area contributed by atoms with Gasteiger partial charge in [0.2, 0.25) is 5.91 Å². The molecule has 0 bridgehead atoms. The Balaban J connectivity index is 1.45. The molecule has 1 aliphatic rings. The van der Waals surface area contributed by atoms with E-state index in [1.165, 1.54) is 0 Å². The number of carbonyl (C=O) groups excluding carboxylic acids is 3. The van der Waals surface area contributed by atoms with Crippen molar-refractivity contribution in [3.63, 3.8) is 0 Å². The fourth-order valence-corrected chi connectivity index (χ4v) is 3.68. The summed E-state index contributed by atoms with van der Waals surface area (Å²) in [5, 5.41) is 4.15. The first-order valence-corrected chi connectivity index (χ1v) is 11.3. The second-order valence-electron chi connectivity index (χ2n) is 7.88. The van der Waals surface area contributed by atoms with Crippen molar-refractivity contribution in [1.82, 2.24) is 10.6 Å². The van der Waals surface area contributed by atoms with E-state index in [0.717, 1.165) is 22.3 Å². The fraction of sp³-hybridized carbons (Fsp3) is 0.400. The van der Waals surface area contributed by atoms with Crippen LogP contribution in [0.4, 0.5) is 18.0 Å². The Kier molecular flexibility index (Phi) is 8.77. The summed E-state index contributed by atoms with van der Waals surface area (Å²) in [5.41, 5.74) is 4.10. The lowest BCUT2D eigenvalue weighted by Crippen LogP contribution is -2.44. The zero-order valence-electron chi connectivity index (χ0n) is 20.5. The summed E-state index contributed by atoms with van der Waals surface area (Å²) >= 11 is 0. The van der Waals surface area contributed by atoms with E-state index in [9.17, 15) is 27.6 Å². The van der Waals surface area contributed by atoms with E-state index in [1.54, 1.807) is 6.92 Å². The Bertz CT molecular complexity index is 1080. The predicted octanol–water partition coefficient (Wildman–Crippen LogP) is 3.89. The molecular formula is C25H27F3N2O6. The highest BCUT2D eigenvalue weighted by Gasteiger charge is 2.47. The van der Waals surface area contributed by atoms with Crippen LogP contribution >= 0.6 is 0 Å². The molecule has 36 heavy (non-hydrogen) atoms. The quantitative estimate of drug-likeness (QED) is 0.271. The highest BCUT2D eigenvalue weighted by Crippen LogP contribution is 2.44. The van der Waals surface area contributed by atoms with Crippen molar-refractivity contribution in [3.05, 3.63) is 59.7 Å². The van der Waals surface area contributed by atoms with Crippen molar-refractivity contribution in [2.45, 2.75) is 37.9 Å². The molecular weight excluding hydrogens is 481 g/mol. The van der Waals surface area contributed by atoms with Gasteiger partial charge < -0.3 is 24.8 Å². The molecule has 1 atom stereocenters. The van der Waals surface area contributed by atoms with Crippen molar-refractivity contribution in [3.8, 4) is 11.1 Å². The summed E-state index contributed by atoms with van der Waals surface area (Å²) in [4.78, 5) is 35.8. The van der Waals surface area contributed by atoms with E-state index in [-0.39, 0.29) is 19.1 Å². The normalized spacial score (nSPS) is 14.6. The minimum Gasteiger partial charge on any atom is -0.464 e. The monoisotopic (exact) mass is 509 g/mol. The fourth-order valence-electron chi connectivity index (χ4n) is 3.68. The van der Waals surface area contributed by atoms with Crippen molar-refractivity contribution in [2.75, 3.05) is 26.5 Å². The van der Waals surface area contributed by atoms with Gasteiger partial charge in [-0.25, -0.2) is 9.59 Å². The average molecular weight is 509 g/mol. The number of esters is 1. The number of fused-ring (bicyclic) bond motifs is 3. The SMILES string of the molecule is [2H]C(OCNC(=O)CNC(=O)OCC1c2ccccc2-c2ccccc21)(C(=O)OCCCC)C(F)(F)F. The Morgan fingerprint density at radius 2 is 1.61 bits per heavy atom. The van der Waals surface area contributed by atoms with Crippen LogP contribution in [0.5, 0.6) is 0 Å². The molecule has 11 heteroatoms. The highest BCUT2D eigenvalue weighted by molar-refractivity contribution is 5.82. The van der Waals surface area contributed by atoms with Gasteiger partial charge in [-0.3, -0.25) is 4.79 Å². The minimum absolute atomic E-state index is 0.0116. The molecule has 0 saturated carbocycles. The number of hydrogen-bond donors (Lipinski definition) is 2. The topological polar surface area (TPSA) is 103 Å². The molecule has 0 aromatic heterocycles. The average Bonchev–Trinajstić information content (AvgIpc) is 3.19. The third-order valence-corrected chi connectivity index (χ3v) is 5.40. The Morgan fingerprint density at radius 3 is 2.19 bits per heavy atom. The molecule has 2 N–H and O–H groups in total. The van der Waals surface area contributed by atoms with Crippen molar-refractivity contribution < 1.29 is 43.1 Å². The third kappa shape index (κ3) is 6.97. The summed E-state index contributed by atoms with van der Waals surface area (Å²) in [6.07, 6.45) is -9.42. The number of benzene rings is 2. The number of carbonyl (C=O) groups is 3. The number of ether oxygens (including phenoxy) is 3. The Hall–Kier alpha value is -3.60. The van der Waals surface area contributed by atoms with Gasteiger partial charge in [-0.2, -0.15) is 13.2 Å². The summed E-state index contributed by atoms with van der Waals surface area (Å²) < 4.78 is 61.2. The third-order valence-electron chi connectivity index (χ3n) is 5.40. The molecule has 0 saturated heterocycles. The number of nitrogens with one attached hydrogen (secondary N) is 2. The van der Waals surface area contributed by atoms with Gasteiger partial charge >= 0.3 is 18.2 Å². The summed E-state index contributed by atoms with van der Waals surface area (Å²) in [6.45, 7) is -0.285. The maximum atomic E-state index is 13.2. The first-order valence-electron chi connectivity index (χ1n) is 11.8. The molecule has 8 nitrogen and oxygen atoms in total. The zero-order chi connectivity index (χ0) is 27.1. The van der Waals surface area contributed by atoms with Gasteiger partial charge in [0.15, 0.2) is 0 Å². The van der Waals surface area contributed by atoms with E-state index < -0.39 is 43.5 Å². The van der Waals surface area contributed by atoms with Crippen LogP contribution < -0.4 is 10.6 Å². The van der Waals surface area contributed by atoms with Crippen LogP contribution in [0, 0.1) is 0 Å². The molecule has 0 radical (unpaired) electrons. The summed E-state index contributed by atoms with van der Waals surface area (Å²) in [6, 6.07) is 15.5. The van der Waals surface area contributed by atoms with Gasteiger partial charge in [-0.05, 0) is 28.7 Å². The molecule has 2 aromatic carbocycles. The molecule has 1 unspecified atom stereocenters. The summed E-state index contributed by atoms with van der Waals surface area (Å²) in [5.74, 6) is -3.04. The highest BCUT2D eigenvalue weighted by atomic mass is 19.4. The maximum absolute atomic E-state index is 13.2. The van der Waals surface area contributed by atoms with Crippen LogP contribution in [0.25, 0.3) is 11.1 Å². The van der Waals surface area contributed by atoms with E-state index >= 15 is 0 Å². The van der Waals surface area contributed by atoms with Gasteiger partial charge in [0.05, 0.1) is 7.98 Å². The number of halogens is 3. The first-order chi connectivity index (χ1) is 17.6. The second kappa shape index (κ2) is 12.4. The van der Waals surface area contributed by atoms with Gasteiger partial charge in [0, 0.05) is 5.92 Å². The van der Waals surface area contributed by atoms with E-state index in [0.29, 0.717) is 12.8 Å². The van der Waals surface area contributed by atoms with Crippen LogP contribution in [0.3, 0.4) is 0 Å². The minimum atomic E-state index is -5.40. The molecule has 0 aliphatic heterocycles. The van der Waals surface area contributed by atoms with Crippen molar-refractivity contribution in [2.24, 2.45) is 0 Å². The molecule has 3 rings (SSSR count). The number of hydrogen-bond acceptors (Lipinski definition) is 6. The van der Waals surface area contributed by atoms with Gasteiger partial charge in [0.25, 0.3) is 6.08 Å². The largest absolute Gasteiger partial charge is 0.464 e. The van der Waals surface area contributed by atoms with Crippen LogP contribution in [0.2, 0.25) is 0 Å². The van der Waals surface area contributed by atoms with E-state index in [4.69, 9.17) is 6.11 Å². The van der Waals surface area contributed by atoms with Crippen LogP contribution in [0.15, 0.2) is 48.5 Å². The number of alkyl halides is 3. The van der Waals surface area contributed by atoms with E-state index in [2.05, 4.69) is 14.8 Å². The second-order valence-corrected chi connectivity index (χ2v) is 7.88. The van der Waals surface area contributed by atoms with Gasteiger partial charge in [-0.15, -0.1) is 0 Å². The standard InChI is InChI=1S/C25H27F3N2O6/c1-2-3-12-34-23(32)22(25(26,27)28)36-15-30-21(31)13-29-24(33)35-14-20-18-10-6-4-8-16(18)17-9-5-7-11-19(17)20/h4-11,20,22H,2-3,12-15H2,1H3,(H,29,33)(H,30,31)/i22D. The molecule has 194 valence electrons.